The van der Waals surface area contributed by atoms with Gasteiger partial charge in [0, 0.05) is 6.92 Å². The molecule has 98 valence electrons. The maximum absolute atomic E-state index is 11.8. The zero-order valence-electron chi connectivity index (χ0n) is 10.9. The Bertz CT molecular complexity index is 302. The summed E-state index contributed by atoms with van der Waals surface area (Å²) in [5.41, 5.74) is 0. The van der Waals surface area contributed by atoms with Crippen molar-refractivity contribution in [3.05, 3.63) is 0 Å². The van der Waals surface area contributed by atoms with Gasteiger partial charge in [0.1, 0.15) is 12.1 Å². The summed E-state index contributed by atoms with van der Waals surface area (Å²) in [4.78, 5) is 33.9. The molecule has 0 saturated heterocycles. The summed E-state index contributed by atoms with van der Waals surface area (Å²) in [6, 6.07) is -1.39. The van der Waals surface area contributed by atoms with Crippen molar-refractivity contribution in [2.75, 3.05) is 7.11 Å². The molecule has 2 amide bonds. The van der Waals surface area contributed by atoms with Crippen LogP contribution in [-0.4, -0.2) is 37.0 Å². The minimum absolute atomic E-state index is 0.0660. The predicted octanol–water partition coefficient (Wildman–Crippen LogP) is -0.175. The Morgan fingerprint density at radius 2 is 1.59 bits per heavy atom. The maximum Gasteiger partial charge on any atom is 0.328 e. The Hall–Kier alpha value is -1.59. The maximum atomic E-state index is 11.8. The number of nitrogens with one attached hydrogen (secondary N) is 2. The number of rotatable bonds is 5. The Labute approximate surface area is 101 Å². The molecule has 2 N–H and O–H groups in total. The Kier molecular flexibility index (Phi) is 6.23. The summed E-state index contributed by atoms with van der Waals surface area (Å²) in [5, 5.41) is 5.03. The number of methoxy groups -OCH3 is 1. The molecular weight excluding hydrogens is 224 g/mol. The van der Waals surface area contributed by atoms with Crippen LogP contribution in [0, 0.1) is 5.92 Å². The normalized spacial score (nSPS) is 13.8. The first-order valence-corrected chi connectivity index (χ1v) is 5.44. The summed E-state index contributed by atoms with van der Waals surface area (Å²) in [6.45, 7) is 6.48. The molecule has 0 aromatic heterocycles. The highest BCUT2D eigenvalue weighted by molar-refractivity contribution is 5.90. The summed E-state index contributed by atoms with van der Waals surface area (Å²) >= 11 is 0. The molecule has 0 saturated carbocycles. The largest absolute Gasteiger partial charge is 0.467 e. The van der Waals surface area contributed by atoms with Crippen molar-refractivity contribution < 1.29 is 19.1 Å². The average Bonchev–Trinajstić information content (AvgIpc) is 2.23. The summed E-state index contributed by atoms with van der Waals surface area (Å²) in [7, 11) is 1.25. The molecule has 0 aliphatic rings. The molecule has 0 aliphatic carbocycles. The lowest BCUT2D eigenvalue weighted by atomic mass is 10.0. The van der Waals surface area contributed by atoms with Crippen LogP contribution in [0.5, 0.6) is 0 Å². The number of hydrogen-bond acceptors (Lipinski definition) is 4. The van der Waals surface area contributed by atoms with Gasteiger partial charge in [-0.1, -0.05) is 13.8 Å². The molecule has 2 atom stereocenters. The summed E-state index contributed by atoms with van der Waals surface area (Å²) in [5.74, 6) is -1.27. The second-order valence-corrected chi connectivity index (χ2v) is 4.18. The third-order valence-electron chi connectivity index (χ3n) is 2.22. The monoisotopic (exact) mass is 244 g/mol. The third kappa shape index (κ3) is 5.33. The lowest BCUT2D eigenvalue weighted by Crippen LogP contribution is -2.52. The van der Waals surface area contributed by atoms with E-state index in [1.54, 1.807) is 0 Å². The molecule has 0 aliphatic heterocycles. The van der Waals surface area contributed by atoms with Crippen molar-refractivity contribution in [1.29, 1.82) is 0 Å². The quantitative estimate of drug-likeness (QED) is 0.657. The van der Waals surface area contributed by atoms with E-state index in [1.807, 2.05) is 13.8 Å². The average molecular weight is 244 g/mol. The minimum Gasteiger partial charge on any atom is -0.467 e. The van der Waals surface area contributed by atoms with Crippen LogP contribution in [0.25, 0.3) is 0 Å². The van der Waals surface area contributed by atoms with Gasteiger partial charge in [-0.25, -0.2) is 4.79 Å². The van der Waals surface area contributed by atoms with Crippen molar-refractivity contribution >= 4 is 17.8 Å². The van der Waals surface area contributed by atoms with E-state index < -0.39 is 24.0 Å². The first kappa shape index (κ1) is 15.4. The van der Waals surface area contributed by atoms with Gasteiger partial charge in [-0.15, -0.1) is 0 Å². The van der Waals surface area contributed by atoms with Gasteiger partial charge in [-0.2, -0.15) is 0 Å². The zero-order chi connectivity index (χ0) is 13.6. The van der Waals surface area contributed by atoms with Crippen LogP contribution in [0.15, 0.2) is 0 Å². The van der Waals surface area contributed by atoms with Crippen LogP contribution in [0.4, 0.5) is 0 Å². The highest BCUT2D eigenvalue weighted by atomic mass is 16.5. The molecule has 0 rings (SSSR count). The van der Waals surface area contributed by atoms with Gasteiger partial charge in [0.15, 0.2) is 0 Å². The molecule has 6 nitrogen and oxygen atoms in total. The Balaban J connectivity index is 4.53. The highest BCUT2D eigenvalue weighted by Gasteiger charge is 2.26. The van der Waals surface area contributed by atoms with Crippen molar-refractivity contribution in [3.8, 4) is 0 Å². The number of ether oxygens (including phenoxy) is 1. The molecule has 17 heavy (non-hydrogen) atoms. The fraction of sp³-hybridized carbons (Fsp3) is 0.727. The number of esters is 1. The Morgan fingerprint density at radius 1 is 1.06 bits per heavy atom. The molecule has 0 radical (unpaired) electrons. The van der Waals surface area contributed by atoms with E-state index in [-0.39, 0.29) is 11.8 Å². The number of amides is 2. The SMILES string of the molecule is COC(=O)[C@@H](C)NC(=O)[C@H](NC(C)=O)C(C)C. The highest BCUT2D eigenvalue weighted by Crippen LogP contribution is 2.02. The molecule has 0 bridgehead atoms. The zero-order valence-corrected chi connectivity index (χ0v) is 10.9. The molecule has 0 aromatic carbocycles. The van der Waals surface area contributed by atoms with Crippen LogP contribution < -0.4 is 10.6 Å². The van der Waals surface area contributed by atoms with Crippen molar-refractivity contribution in [1.82, 2.24) is 10.6 Å². The lowest BCUT2D eigenvalue weighted by Gasteiger charge is -2.22. The van der Waals surface area contributed by atoms with E-state index >= 15 is 0 Å². The smallest absolute Gasteiger partial charge is 0.328 e. The van der Waals surface area contributed by atoms with E-state index in [0.717, 1.165) is 0 Å². The third-order valence-corrected chi connectivity index (χ3v) is 2.22. The van der Waals surface area contributed by atoms with E-state index in [2.05, 4.69) is 15.4 Å². The van der Waals surface area contributed by atoms with Crippen LogP contribution in [0.3, 0.4) is 0 Å². The minimum atomic E-state index is -0.734. The summed E-state index contributed by atoms with van der Waals surface area (Å²) < 4.78 is 4.49. The molecule has 0 spiro atoms. The van der Waals surface area contributed by atoms with E-state index in [9.17, 15) is 14.4 Å². The fourth-order valence-electron chi connectivity index (χ4n) is 1.29. The Morgan fingerprint density at radius 3 is 1.94 bits per heavy atom. The molecule has 0 fully saturated rings. The molecule has 0 unspecified atom stereocenters. The van der Waals surface area contributed by atoms with Crippen molar-refractivity contribution in [2.24, 2.45) is 5.92 Å². The second kappa shape index (κ2) is 6.88. The van der Waals surface area contributed by atoms with Gasteiger partial charge in [-0.05, 0) is 12.8 Å². The molecule has 0 aromatic rings. The van der Waals surface area contributed by atoms with Crippen LogP contribution >= 0.6 is 0 Å². The van der Waals surface area contributed by atoms with E-state index in [0.29, 0.717) is 0 Å². The standard InChI is InChI=1S/C11H20N2O4/c1-6(2)9(13-8(4)14)10(15)12-7(3)11(16)17-5/h6-7,9H,1-5H3,(H,12,15)(H,13,14)/t7-,9-/m1/s1. The van der Waals surface area contributed by atoms with Crippen molar-refractivity contribution in [2.45, 2.75) is 39.8 Å². The number of carbonyl (C=O) groups excluding carboxylic acids is 3. The van der Waals surface area contributed by atoms with Gasteiger partial charge in [-0.3, -0.25) is 9.59 Å². The summed E-state index contributed by atoms with van der Waals surface area (Å²) in [6.07, 6.45) is 0. The first-order valence-electron chi connectivity index (χ1n) is 5.44. The van der Waals surface area contributed by atoms with Crippen LogP contribution in [0.2, 0.25) is 0 Å². The molecular formula is C11H20N2O4. The van der Waals surface area contributed by atoms with Gasteiger partial charge in [0.2, 0.25) is 11.8 Å². The van der Waals surface area contributed by atoms with E-state index in [4.69, 9.17) is 0 Å². The van der Waals surface area contributed by atoms with Gasteiger partial charge < -0.3 is 15.4 Å². The van der Waals surface area contributed by atoms with E-state index in [1.165, 1.54) is 21.0 Å². The van der Waals surface area contributed by atoms with Gasteiger partial charge in [0.05, 0.1) is 7.11 Å². The number of hydrogen-bond donors (Lipinski definition) is 2. The van der Waals surface area contributed by atoms with Gasteiger partial charge >= 0.3 is 5.97 Å². The predicted molar refractivity (Wildman–Crippen MR) is 62.1 cm³/mol. The first-order chi connectivity index (χ1) is 7.79. The molecule has 0 heterocycles. The number of carbonyl (C=O) groups is 3. The van der Waals surface area contributed by atoms with Crippen LogP contribution in [0.1, 0.15) is 27.7 Å². The van der Waals surface area contributed by atoms with Gasteiger partial charge in [0.25, 0.3) is 0 Å². The van der Waals surface area contributed by atoms with Crippen molar-refractivity contribution in [3.63, 3.8) is 0 Å². The fourth-order valence-corrected chi connectivity index (χ4v) is 1.29. The molecule has 6 heteroatoms. The topological polar surface area (TPSA) is 84.5 Å². The van der Waals surface area contributed by atoms with Crippen LogP contribution in [-0.2, 0) is 19.1 Å². The second-order valence-electron chi connectivity index (χ2n) is 4.18. The lowest BCUT2D eigenvalue weighted by molar-refractivity contribution is -0.145.